The lowest BCUT2D eigenvalue weighted by Gasteiger charge is -2.35. The summed E-state index contributed by atoms with van der Waals surface area (Å²) in [5.41, 5.74) is 1.13. The number of hydrogen-bond acceptors (Lipinski definition) is 3. The van der Waals surface area contributed by atoms with Crippen LogP contribution in [0, 0.1) is 5.92 Å². The smallest absolute Gasteiger partial charge is 0.0822 e. The van der Waals surface area contributed by atoms with Gasteiger partial charge in [0.1, 0.15) is 0 Å². The maximum atomic E-state index is 6.21. The van der Waals surface area contributed by atoms with Crippen molar-refractivity contribution in [2.24, 2.45) is 5.92 Å². The van der Waals surface area contributed by atoms with Gasteiger partial charge in [-0.05, 0) is 44.3 Å². The second-order valence-corrected chi connectivity index (χ2v) is 5.39. The zero-order valence-corrected chi connectivity index (χ0v) is 11.8. The number of anilines is 1. The predicted octanol–water partition coefficient (Wildman–Crippen LogP) is 2.95. The molecule has 4 heteroatoms. The normalized spacial score (nSPS) is 20.1. The van der Waals surface area contributed by atoms with Crippen molar-refractivity contribution < 1.29 is 0 Å². The van der Waals surface area contributed by atoms with E-state index in [-0.39, 0.29) is 0 Å². The fraction of sp³-hybridized carbons (Fsp3) is 0.643. The molecule has 2 rings (SSSR count). The first-order valence-corrected chi connectivity index (χ1v) is 7.24. The highest BCUT2D eigenvalue weighted by Crippen LogP contribution is 2.28. The molecule has 0 spiro atoms. The summed E-state index contributed by atoms with van der Waals surface area (Å²) in [6.07, 6.45) is 7.32. The van der Waals surface area contributed by atoms with E-state index in [0.717, 1.165) is 42.8 Å². The highest BCUT2D eigenvalue weighted by atomic mass is 35.5. The first-order chi connectivity index (χ1) is 8.81. The highest BCUT2D eigenvalue weighted by Gasteiger charge is 2.21. The summed E-state index contributed by atoms with van der Waals surface area (Å²) in [5, 5.41) is 4.28. The largest absolute Gasteiger partial charge is 0.370 e. The van der Waals surface area contributed by atoms with Gasteiger partial charge in [0.25, 0.3) is 0 Å². The third-order valence-corrected chi connectivity index (χ3v) is 3.76. The van der Waals surface area contributed by atoms with Crippen molar-refractivity contribution in [1.82, 2.24) is 10.3 Å². The lowest BCUT2D eigenvalue weighted by atomic mass is 9.97. The molecule has 18 heavy (non-hydrogen) atoms. The lowest BCUT2D eigenvalue weighted by molar-refractivity contribution is 0.392. The van der Waals surface area contributed by atoms with Gasteiger partial charge >= 0.3 is 0 Å². The Morgan fingerprint density at radius 2 is 2.44 bits per heavy atom. The van der Waals surface area contributed by atoms with E-state index >= 15 is 0 Å². The van der Waals surface area contributed by atoms with Crippen molar-refractivity contribution in [1.29, 1.82) is 0 Å². The van der Waals surface area contributed by atoms with Crippen LogP contribution < -0.4 is 10.2 Å². The molecule has 2 heterocycles. The van der Waals surface area contributed by atoms with Crippen LogP contribution in [0.4, 0.5) is 5.69 Å². The van der Waals surface area contributed by atoms with Gasteiger partial charge in [-0.15, -0.1) is 0 Å². The van der Waals surface area contributed by atoms with Gasteiger partial charge in [0.2, 0.25) is 0 Å². The van der Waals surface area contributed by atoms with Gasteiger partial charge in [-0.25, -0.2) is 0 Å². The van der Waals surface area contributed by atoms with Gasteiger partial charge in [0.05, 0.1) is 10.7 Å². The molecule has 0 amide bonds. The van der Waals surface area contributed by atoms with E-state index < -0.39 is 0 Å². The minimum absolute atomic E-state index is 0.731. The monoisotopic (exact) mass is 267 g/mol. The van der Waals surface area contributed by atoms with Gasteiger partial charge in [0, 0.05) is 25.5 Å². The Balaban J connectivity index is 1.92. The number of piperidine rings is 1. The third kappa shape index (κ3) is 3.59. The molecule has 1 N–H and O–H groups in total. The molecule has 3 nitrogen and oxygen atoms in total. The molecule has 100 valence electrons. The molecular formula is C14H22ClN3. The zero-order chi connectivity index (χ0) is 12.8. The van der Waals surface area contributed by atoms with Crippen molar-refractivity contribution in [3.05, 3.63) is 23.5 Å². The van der Waals surface area contributed by atoms with E-state index in [1.807, 2.05) is 12.3 Å². The molecule has 1 aliphatic rings. The number of pyridine rings is 1. The Bertz CT molecular complexity index is 370. The van der Waals surface area contributed by atoms with Gasteiger partial charge in [-0.2, -0.15) is 0 Å². The number of hydrogen-bond donors (Lipinski definition) is 1. The molecule has 0 aliphatic carbocycles. The quantitative estimate of drug-likeness (QED) is 0.832. The maximum absolute atomic E-state index is 6.21. The summed E-state index contributed by atoms with van der Waals surface area (Å²) in [6.45, 7) is 6.64. The van der Waals surface area contributed by atoms with Crippen LogP contribution in [0.2, 0.25) is 5.02 Å². The van der Waals surface area contributed by atoms with Crippen LogP contribution in [0.5, 0.6) is 0 Å². The van der Waals surface area contributed by atoms with Crippen molar-refractivity contribution >= 4 is 17.3 Å². The van der Waals surface area contributed by atoms with Crippen LogP contribution in [-0.2, 0) is 0 Å². The molecule has 0 saturated carbocycles. The molecule has 1 atom stereocenters. The van der Waals surface area contributed by atoms with Gasteiger partial charge in [0.15, 0.2) is 0 Å². The molecule has 1 aromatic rings. The van der Waals surface area contributed by atoms with Crippen molar-refractivity contribution in [3.8, 4) is 0 Å². The Kier molecular flexibility index (Phi) is 5.26. The number of halogens is 1. The minimum Gasteiger partial charge on any atom is -0.370 e. The van der Waals surface area contributed by atoms with Gasteiger partial charge < -0.3 is 10.2 Å². The van der Waals surface area contributed by atoms with E-state index in [2.05, 4.69) is 22.1 Å². The number of nitrogens with one attached hydrogen (secondary N) is 1. The van der Waals surface area contributed by atoms with E-state index in [9.17, 15) is 0 Å². The molecule has 1 aliphatic heterocycles. The first-order valence-electron chi connectivity index (χ1n) is 6.86. The number of rotatable bonds is 5. The first kappa shape index (κ1) is 13.6. The summed E-state index contributed by atoms with van der Waals surface area (Å²) >= 11 is 6.21. The van der Waals surface area contributed by atoms with E-state index in [0.29, 0.717) is 0 Å². The molecule has 1 saturated heterocycles. The Hall–Kier alpha value is -0.800. The third-order valence-electron chi connectivity index (χ3n) is 3.47. The summed E-state index contributed by atoms with van der Waals surface area (Å²) in [6, 6.07) is 2.02. The maximum Gasteiger partial charge on any atom is 0.0822 e. The van der Waals surface area contributed by atoms with Crippen LogP contribution in [-0.4, -0.2) is 31.2 Å². The molecule has 0 radical (unpaired) electrons. The average Bonchev–Trinajstić information content (AvgIpc) is 2.40. The van der Waals surface area contributed by atoms with E-state index in [4.69, 9.17) is 11.6 Å². The van der Waals surface area contributed by atoms with Crippen molar-refractivity contribution in [3.63, 3.8) is 0 Å². The van der Waals surface area contributed by atoms with Gasteiger partial charge in [-0.3, -0.25) is 4.98 Å². The molecule has 1 aromatic heterocycles. The summed E-state index contributed by atoms with van der Waals surface area (Å²) in [4.78, 5) is 6.44. The van der Waals surface area contributed by atoms with Gasteiger partial charge in [-0.1, -0.05) is 18.5 Å². The van der Waals surface area contributed by atoms with Crippen LogP contribution in [0.15, 0.2) is 18.5 Å². The standard InChI is InChI=1S/C14H22ClN3/c1-2-6-16-9-12-4-3-8-18(11-12)14-5-7-17-10-13(14)15/h5,7,10,12,16H,2-4,6,8-9,11H2,1H3. The lowest BCUT2D eigenvalue weighted by Crippen LogP contribution is -2.40. The molecular weight excluding hydrogens is 246 g/mol. The van der Waals surface area contributed by atoms with E-state index in [1.165, 1.54) is 19.3 Å². The molecule has 0 aromatic carbocycles. The number of nitrogens with zero attached hydrogens (tertiary/aromatic N) is 2. The molecule has 1 unspecified atom stereocenters. The topological polar surface area (TPSA) is 28.2 Å². The zero-order valence-electron chi connectivity index (χ0n) is 11.0. The van der Waals surface area contributed by atoms with Crippen LogP contribution in [0.1, 0.15) is 26.2 Å². The van der Waals surface area contributed by atoms with Crippen LogP contribution >= 0.6 is 11.6 Å². The summed E-state index contributed by atoms with van der Waals surface area (Å²) in [5.74, 6) is 0.731. The predicted molar refractivity (Wildman–Crippen MR) is 77.3 cm³/mol. The van der Waals surface area contributed by atoms with Crippen LogP contribution in [0.25, 0.3) is 0 Å². The Labute approximate surface area is 115 Å². The molecule has 0 bridgehead atoms. The summed E-state index contributed by atoms with van der Waals surface area (Å²) in [7, 11) is 0. The minimum atomic E-state index is 0.731. The van der Waals surface area contributed by atoms with E-state index in [1.54, 1.807) is 6.20 Å². The fourth-order valence-electron chi connectivity index (χ4n) is 2.56. The number of aromatic nitrogens is 1. The highest BCUT2D eigenvalue weighted by molar-refractivity contribution is 6.33. The Morgan fingerprint density at radius 1 is 1.56 bits per heavy atom. The molecule has 1 fully saturated rings. The van der Waals surface area contributed by atoms with Crippen molar-refractivity contribution in [2.45, 2.75) is 26.2 Å². The second-order valence-electron chi connectivity index (χ2n) is 4.99. The average molecular weight is 268 g/mol. The fourth-order valence-corrected chi connectivity index (χ4v) is 2.80. The van der Waals surface area contributed by atoms with Crippen molar-refractivity contribution in [2.75, 3.05) is 31.1 Å². The van der Waals surface area contributed by atoms with Crippen LogP contribution in [0.3, 0.4) is 0 Å². The Morgan fingerprint density at radius 3 is 3.22 bits per heavy atom. The second kappa shape index (κ2) is 6.95. The summed E-state index contributed by atoms with van der Waals surface area (Å²) < 4.78 is 0. The SMILES string of the molecule is CCCNCC1CCCN(c2ccncc2Cl)C1.